The van der Waals surface area contributed by atoms with Gasteiger partial charge in [0.05, 0.1) is 0 Å². The number of benzene rings is 1. The summed E-state index contributed by atoms with van der Waals surface area (Å²) in [6.45, 7) is 3.62. The van der Waals surface area contributed by atoms with Crippen LogP contribution in [0.4, 0.5) is 0 Å². The predicted molar refractivity (Wildman–Crippen MR) is 58.2 cm³/mol. The third-order valence-corrected chi connectivity index (χ3v) is 1.32. The van der Waals surface area contributed by atoms with Gasteiger partial charge < -0.3 is 14.2 Å². The van der Waals surface area contributed by atoms with E-state index in [1.165, 1.54) is 5.56 Å². The molecule has 0 saturated carbocycles. The molecule has 1 aromatic rings. The Bertz CT molecular complexity index is 390. The summed E-state index contributed by atoms with van der Waals surface area (Å²) in [5, 5.41) is 8.90. The van der Waals surface area contributed by atoms with E-state index in [9.17, 15) is 0 Å². The van der Waals surface area contributed by atoms with E-state index in [-0.39, 0.29) is 37.7 Å². The third-order valence-electron chi connectivity index (χ3n) is 1.32. The second-order valence-corrected chi connectivity index (χ2v) is 3.38. The van der Waals surface area contributed by atoms with Crippen LogP contribution in [0.25, 0.3) is 0 Å². The molecule has 1 rings (SSSR count). The molecule has 0 amide bonds. The third kappa shape index (κ3) is 13.9. The Hall–Kier alpha value is -0.110. The first-order valence-electron chi connectivity index (χ1n) is 3.88. The van der Waals surface area contributed by atoms with Gasteiger partial charge in [0.15, 0.2) is 0 Å². The first-order valence-corrected chi connectivity index (χ1v) is 5.22. The minimum Gasteiger partial charge on any atom is -0.759 e. The molecular weight excluding hydrogens is 260 g/mol. The Kier molecular flexibility index (Phi) is 10.2. The van der Waals surface area contributed by atoms with Crippen LogP contribution in [0, 0.1) is 0 Å². The first-order chi connectivity index (χ1) is 6.83. The van der Waals surface area contributed by atoms with Crippen LogP contribution in [0.1, 0.15) is 5.56 Å². The minimum atomic E-state index is -5.17. The van der Waals surface area contributed by atoms with Crippen molar-refractivity contribution in [3.05, 3.63) is 42.5 Å². The molecule has 0 spiro atoms. The number of aromatic hydroxyl groups is 1. The maximum absolute atomic E-state index is 8.90. The smallest absolute Gasteiger partial charge is 0.759 e. The largest absolute Gasteiger partial charge is 2.00 e. The summed E-state index contributed by atoms with van der Waals surface area (Å²) in [4.78, 5) is 0. The van der Waals surface area contributed by atoms with E-state index in [0.717, 1.165) is 6.42 Å². The van der Waals surface area contributed by atoms with Crippen molar-refractivity contribution in [2.45, 2.75) is 6.42 Å². The monoisotopic (exact) mass is 270 g/mol. The number of rotatable bonds is 2. The van der Waals surface area contributed by atoms with Crippen LogP contribution in [0.5, 0.6) is 5.75 Å². The van der Waals surface area contributed by atoms with Crippen LogP contribution >= 0.6 is 0 Å². The molecule has 84 valence electrons. The fourth-order valence-electron chi connectivity index (χ4n) is 0.799. The minimum absolute atomic E-state index is 0. The molecule has 1 aromatic carbocycles. The number of phenolic OH excluding ortho intramolecular Hbond substituents is 1. The van der Waals surface area contributed by atoms with E-state index < -0.39 is 10.4 Å². The molecule has 1 N–H and O–H groups in total. The molecule has 5 nitrogen and oxygen atoms in total. The first kappa shape index (κ1) is 18.3. The predicted octanol–water partition coefficient (Wildman–Crippen LogP) is 0.402. The van der Waals surface area contributed by atoms with Gasteiger partial charge in [-0.05, 0) is 24.1 Å². The Labute approximate surface area is 124 Å². The van der Waals surface area contributed by atoms with Gasteiger partial charge >= 0.3 is 37.7 Å². The second-order valence-electron chi connectivity index (χ2n) is 2.57. The summed E-state index contributed by atoms with van der Waals surface area (Å²) in [5.74, 6) is 0.313. The zero-order chi connectivity index (χ0) is 11.9. The van der Waals surface area contributed by atoms with E-state index in [0.29, 0.717) is 5.75 Å². The summed E-state index contributed by atoms with van der Waals surface area (Å²) >= 11 is 0. The summed E-state index contributed by atoms with van der Waals surface area (Å²) in [7, 11) is -5.17. The molecule has 0 bridgehead atoms. The average molecular weight is 270 g/mol. The molecule has 0 radical (unpaired) electrons. The molecule has 0 fully saturated rings. The van der Waals surface area contributed by atoms with Crippen LogP contribution < -0.4 is 0 Å². The molecule has 0 unspecified atom stereocenters. The summed E-state index contributed by atoms with van der Waals surface area (Å²) in [6.07, 6.45) is 2.70. The van der Waals surface area contributed by atoms with E-state index in [1.54, 1.807) is 12.1 Å². The van der Waals surface area contributed by atoms with Gasteiger partial charge in [-0.25, -0.2) is 0 Å². The Morgan fingerprint density at radius 2 is 1.62 bits per heavy atom. The number of hydrogen-bond acceptors (Lipinski definition) is 5. The van der Waals surface area contributed by atoms with Crippen molar-refractivity contribution in [3.63, 3.8) is 0 Å². The van der Waals surface area contributed by atoms with E-state index in [1.807, 2.05) is 18.2 Å². The van der Waals surface area contributed by atoms with Crippen molar-refractivity contribution in [2.75, 3.05) is 0 Å². The van der Waals surface area contributed by atoms with Gasteiger partial charge in [0, 0.05) is 10.4 Å². The molecule has 0 aromatic heterocycles. The Morgan fingerprint density at radius 1 is 1.25 bits per heavy atom. The zero-order valence-corrected chi connectivity index (χ0v) is 11.5. The van der Waals surface area contributed by atoms with E-state index in [2.05, 4.69) is 6.58 Å². The van der Waals surface area contributed by atoms with Crippen molar-refractivity contribution >= 4 is 48.1 Å². The van der Waals surface area contributed by atoms with Crippen LogP contribution in [0.3, 0.4) is 0 Å². The summed E-state index contributed by atoms with van der Waals surface area (Å²) in [6, 6.07) is 7.13. The molecule has 0 heterocycles. The molecule has 0 aliphatic heterocycles. The number of hydrogen-bond donors (Lipinski definition) is 1. The molecule has 0 saturated heterocycles. The normalized spacial score (nSPS) is 9.38. The Balaban J connectivity index is 0. The van der Waals surface area contributed by atoms with Crippen LogP contribution in [-0.4, -0.2) is 60.4 Å². The summed E-state index contributed by atoms with van der Waals surface area (Å²) in [5.41, 5.74) is 1.17. The average Bonchev–Trinajstić information content (AvgIpc) is 2.06. The summed E-state index contributed by atoms with van der Waals surface area (Å²) < 4.78 is 34.1. The molecule has 16 heavy (non-hydrogen) atoms. The van der Waals surface area contributed by atoms with Crippen molar-refractivity contribution in [1.82, 2.24) is 0 Å². The van der Waals surface area contributed by atoms with Gasteiger partial charge in [-0.15, -0.1) is 6.58 Å². The standard InChI is InChI=1S/C9H10O.Ca.H2O4S/c1-2-3-8-4-6-9(10)7-5-8;;1-5(2,3)4/h2,4-7,10H,1,3H2;;(H2,1,2,3,4)/q;+2;/p-2. The van der Waals surface area contributed by atoms with Crippen molar-refractivity contribution in [2.24, 2.45) is 0 Å². The molecular formula is C9H10CaO5S. The van der Waals surface area contributed by atoms with Gasteiger partial charge in [0.25, 0.3) is 0 Å². The quantitative estimate of drug-likeness (QED) is 0.363. The zero-order valence-electron chi connectivity index (χ0n) is 8.50. The van der Waals surface area contributed by atoms with Crippen LogP contribution in [0.2, 0.25) is 0 Å². The fourth-order valence-corrected chi connectivity index (χ4v) is 0.799. The van der Waals surface area contributed by atoms with E-state index >= 15 is 0 Å². The second kappa shape index (κ2) is 8.98. The van der Waals surface area contributed by atoms with Crippen molar-refractivity contribution in [3.8, 4) is 5.75 Å². The molecule has 7 heteroatoms. The molecule has 0 aliphatic carbocycles. The fraction of sp³-hybridized carbons (Fsp3) is 0.111. The van der Waals surface area contributed by atoms with Crippen LogP contribution in [-0.2, 0) is 16.8 Å². The SMILES string of the molecule is C=CCc1ccc(O)cc1.O=S(=O)([O-])[O-].[Ca+2]. The topological polar surface area (TPSA) is 100 Å². The molecule has 0 atom stereocenters. The van der Waals surface area contributed by atoms with Gasteiger partial charge in [-0.2, -0.15) is 0 Å². The number of phenols is 1. The van der Waals surface area contributed by atoms with Gasteiger partial charge in [0.2, 0.25) is 0 Å². The van der Waals surface area contributed by atoms with Gasteiger partial charge in [-0.1, -0.05) is 18.2 Å². The van der Waals surface area contributed by atoms with Gasteiger partial charge in [0.1, 0.15) is 5.75 Å². The van der Waals surface area contributed by atoms with E-state index in [4.69, 9.17) is 22.6 Å². The van der Waals surface area contributed by atoms with Crippen LogP contribution in [0.15, 0.2) is 36.9 Å². The van der Waals surface area contributed by atoms with Crippen molar-refractivity contribution < 1.29 is 22.6 Å². The maximum Gasteiger partial charge on any atom is 2.00 e. The van der Waals surface area contributed by atoms with Crippen molar-refractivity contribution in [1.29, 1.82) is 0 Å². The molecule has 0 aliphatic rings. The number of allylic oxidation sites excluding steroid dienone is 1. The van der Waals surface area contributed by atoms with Gasteiger partial charge in [-0.3, -0.25) is 8.42 Å². The Morgan fingerprint density at radius 3 is 1.94 bits per heavy atom. The maximum atomic E-state index is 8.90.